The molecule has 0 N–H and O–H groups in total. The molecule has 1 heterocycles. The zero-order chi connectivity index (χ0) is 11.0. The van der Waals surface area contributed by atoms with Gasteiger partial charge in [-0.2, -0.15) is 0 Å². The summed E-state index contributed by atoms with van der Waals surface area (Å²) in [5, 5.41) is 0. The zero-order valence-corrected chi connectivity index (χ0v) is 10.5. The van der Waals surface area contributed by atoms with Crippen molar-refractivity contribution < 1.29 is 0 Å². The van der Waals surface area contributed by atoms with Crippen LogP contribution in [0.15, 0.2) is 41.0 Å². The van der Waals surface area contributed by atoms with Crippen LogP contribution in [0.3, 0.4) is 0 Å². The maximum Gasteiger partial charge on any atom is 0.0702 e. The summed E-state index contributed by atoms with van der Waals surface area (Å²) < 4.78 is 1.03. The Kier molecular flexibility index (Phi) is 2.52. The Bertz CT molecular complexity index is 517. The van der Waals surface area contributed by atoms with Crippen LogP contribution in [0.1, 0.15) is 17.5 Å². The third-order valence-corrected chi connectivity index (χ3v) is 3.59. The topological polar surface area (TPSA) is 12.9 Å². The molecule has 3 rings (SSSR count). The molecule has 80 valence electrons. The molecule has 0 aliphatic heterocycles. The van der Waals surface area contributed by atoms with Gasteiger partial charge in [0.1, 0.15) is 0 Å². The van der Waals surface area contributed by atoms with Gasteiger partial charge < -0.3 is 0 Å². The van der Waals surface area contributed by atoms with Crippen molar-refractivity contribution in [2.24, 2.45) is 0 Å². The molecule has 1 aromatic carbocycles. The van der Waals surface area contributed by atoms with Gasteiger partial charge in [-0.3, -0.25) is 4.98 Å². The summed E-state index contributed by atoms with van der Waals surface area (Å²) in [6, 6.07) is 10.8. The van der Waals surface area contributed by atoms with Gasteiger partial charge in [0.25, 0.3) is 0 Å². The van der Waals surface area contributed by atoms with Crippen LogP contribution in [0, 0.1) is 0 Å². The molecular formula is C14H12BrN. The fourth-order valence-electron chi connectivity index (χ4n) is 2.28. The Morgan fingerprint density at radius 1 is 1.00 bits per heavy atom. The first-order valence-electron chi connectivity index (χ1n) is 5.57. The predicted octanol–water partition coefficient (Wildman–Crippen LogP) is 4.00. The molecule has 0 bridgehead atoms. The molecule has 1 aliphatic rings. The second-order valence-electron chi connectivity index (χ2n) is 4.20. The molecule has 0 unspecified atom stereocenters. The highest BCUT2D eigenvalue weighted by molar-refractivity contribution is 9.10. The minimum absolute atomic E-state index is 1.03. The van der Waals surface area contributed by atoms with E-state index in [-0.39, 0.29) is 0 Å². The minimum atomic E-state index is 1.03. The molecule has 0 amide bonds. The molecule has 0 saturated carbocycles. The third-order valence-electron chi connectivity index (χ3n) is 3.12. The van der Waals surface area contributed by atoms with Crippen molar-refractivity contribution in [1.29, 1.82) is 0 Å². The third kappa shape index (κ3) is 1.78. The lowest BCUT2D eigenvalue weighted by Gasteiger charge is -2.04. The largest absolute Gasteiger partial charge is 0.255 e. The van der Waals surface area contributed by atoms with Gasteiger partial charge >= 0.3 is 0 Å². The Hall–Kier alpha value is -1.15. The number of aryl methyl sites for hydroxylation is 2. The number of hydrogen-bond donors (Lipinski definition) is 0. The van der Waals surface area contributed by atoms with Crippen LogP contribution >= 0.6 is 15.9 Å². The van der Waals surface area contributed by atoms with Gasteiger partial charge in [-0.15, -0.1) is 0 Å². The predicted molar refractivity (Wildman–Crippen MR) is 69.4 cm³/mol. The van der Waals surface area contributed by atoms with E-state index in [0.717, 1.165) is 10.2 Å². The maximum absolute atomic E-state index is 4.43. The van der Waals surface area contributed by atoms with E-state index in [4.69, 9.17) is 0 Å². The van der Waals surface area contributed by atoms with E-state index in [1.807, 2.05) is 12.3 Å². The molecule has 0 atom stereocenters. The van der Waals surface area contributed by atoms with E-state index in [9.17, 15) is 0 Å². The standard InChI is InChI=1S/C14H12BrN/c15-13-6-7-14(16-9-13)12-5-4-10-2-1-3-11(10)8-12/h4-9H,1-3H2. The number of fused-ring (bicyclic) bond motifs is 1. The van der Waals surface area contributed by atoms with Crippen LogP contribution in [0.2, 0.25) is 0 Å². The van der Waals surface area contributed by atoms with Crippen molar-refractivity contribution in [3.63, 3.8) is 0 Å². The first-order chi connectivity index (χ1) is 7.83. The fraction of sp³-hybridized carbons (Fsp3) is 0.214. The van der Waals surface area contributed by atoms with Gasteiger partial charge in [0, 0.05) is 16.2 Å². The van der Waals surface area contributed by atoms with Crippen molar-refractivity contribution in [3.8, 4) is 11.3 Å². The smallest absolute Gasteiger partial charge is 0.0702 e. The van der Waals surface area contributed by atoms with Gasteiger partial charge in [-0.25, -0.2) is 0 Å². The highest BCUT2D eigenvalue weighted by Crippen LogP contribution is 2.27. The number of hydrogen-bond acceptors (Lipinski definition) is 1. The molecule has 2 heteroatoms. The second kappa shape index (κ2) is 4.02. The minimum Gasteiger partial charge on any atom is -0.255 e. The normalized spacial score (nSPS) is 13.8. The van der Waals surface area contributed by atoms with Crippen LogP contribution in [-0.4, -0.2) is 4.98 Å². The summed E-state index contributed by atoms with van der Waals surface area (Å²) in [5.74, 6) is 0. The molecule has 0 spiro atoms. The van der Waals surface area contributed by atoms with Gasteiger partial charge in [-0.1, -0.05) is 12.1 Å². The average Bonchev–Trinajstić information content (AvgIpc) is 2.77. The summed E-state index contributed by atoms with van der Waals surface area (Å²) in [4.78, 5) is 4.43. The van der Waals surface area contributed by atoms with Crippen molar-refractivity contribution in [2.75, 3.05) is 0 Å². The number of rotatable bonds is 1. The summed E-state index contributed by atoms with van der Waals surface area (Å²) in [6.45, 7) is 0. The highest BCUT2D eigenvalue weighted by Gasteiger charge is 2.11. The van der Waals surface area contributed by atoms with E-state index in [1.165, 1.54) is 36.0 Å². The van der Waals surface area contributed by atoms with E-state index in [0.29, 0.717) is 0 Å². The van der Waals surface area contributed by atoms with Crippen LogP contribution in [-0.2, 0) is 12.8 Å². The molecule has 2 aromatic rings. The van der Waals surface area contributed by atoms with Crippen molar-refractivity contribution in [1.82, 2.24) is 4.98 Å². The lowest BCUT2D eigenvalue weighted by molar-refractivity contribution is 0.912. The summed E-state index contributed by atoms with van der Waals surface area (Å²) in [6.07, 6.45) is 5.61. The van der Waals surface area contributed by atoms with Crippen molar-refractivity contribution in [3.05, 3.63) is 52.1 Å². The first kappa shape index (κ1) is 10.0. The van der Waals surface area contributed by atoms with E-state index in [2.05, 4.69) is 45.2 Å². The number of aromatic nitrogens is 1. The molecule has 1 nitrogen and oxygen atoms in total. The summed E-state index contributed by atoms with van der Waals surface area (Å²) >= 11 is 3.41. The molecule has 16 heavy (non-hydrogen) atoms. The quantitative estimate of drug-likeness (QED) is 0.766. The van der Waals surface area contributed by atoms with Crippen molar-refractivity contribution in [2.45, 2.75) is 19.3 Å². The van der Waals surface area contributed by atoms with Gasteiger partial charge in [-0.05, 0) is 64.5 Å². The Labute approximate surface area is 104 Å². The zero-order valence-electron chi connectivity index (χ0n) is 8.91. The molecule has 1 aliphatic carbocycles. The number of nitrogens with zero attached hydrogens (tertiary/aromatic N) is 1. The summed E-state index contributed by atoms with van der Waals surface area (Å²) in [5.41, 5.74) is 5.30. The van der Waals surface area contributed by atoms with Gasteiger partial charge in [0.2, 0.25) is 0 Å². The molecular weight excluding hydrogens is 262 g/mol. The lowest BCUT2D eigenvalue weighted by atomic mass is 10.0. The highest BCUT2D eigenvalue weighted by atomic mass is 79.9. The van der Waals surface area contributed by atoms with Crippen LogP contribution in [0.5, 0.6) is 0 Å². The SMILES string of the molecule is Brc1ccc(-c2ccc3c(c2)CCC3)nc1. The van der Waals surface area contributed by atoms with E-state index >= 15 is 0 Å². The van der Waals surface area contributed by atoms with Gasteiger partial charge in [0.15, 0.2) is 0 Å². The molecule has 0 fully saturated rings. The monoisotopic (exact) mass is 273 g/mol. The Balaban J connectivity index is 2.03. The number of pyridine rings is 1. The maximum atomic E-state index is 4.43. The number of halogens is 1. The Morgan fingerprint density at radius 3 is 2.69 bits per heavy atom. The average molecular weight is 274 g/mol. The molecule has 0 saturated heterocycles. The number of benzene rings is 1. The summed E-state index contributed by atoms with van der Waals surface area (Å²) in [7, 11) is 0. The fourth-order valence-corrected chi connectivity index (χ4v) is 2.51. The molecule has 1 aromatic heterocycles. The van der Waals surface area contributed by atoms with Gasteiger partial charge in [0.05, 0.1) is 5.69 Å². The first-order valence-corrected chi connectivity index (χ1v) is 6.36. The van der Waals surface area contributed by atoms with E-state index in [1.54, 1.807) is 0 Å². The van der Waals surface area contributed by atoms with Crippen molar-refractivity contribution >= 4 is 15.9 Å². The molecule has 0 radical (unpaired) electrons. The van der Waals surface area contributed by atoms with Crippen LogP contribution in [0.4, 0.5) is 0 Å². The van der Waals surface area contributed by atoms with Crippen LogP contribution < -0.4 is 0 Å². The second-order valence-corrected chi connectivity index (χ2v) is 5.11. The Morgan fingerprint density at radius 2 is 1.88 bits per heavy atom. The lowest BCUT2D eigenvalue weighted by Crippen LogP contribution is -1.86. The van der Waals surface area contributed by atoms with E-state index < -0.39 is 0 Å². The van der Waals surface area contributed by atoms with Crippen LogP contribution in [0.25, 0.3) is 11.3 Å².